The molecule has 0 bridgehead atoms. The van der Waals surface area contributed by atoms with Crippen molar-refractivity contribution in [1.82, 2.24) is 9.97 Å². The summed E-state index contributed by atoms with van der Waals surface area (Å²) in [5.74, 6) is 2.44. The molecule has 252 valence electrons. The van der Waals surface area contributed by atoms with Gasteiger partial charge >= 0.3 is 0 Å². The van der Waals surface area contributed by atoms with Gasteiger partial charge < -0.3 is 4.74 Å². The minimum atomic E-state index is -0.569. The molecule has 3 heteroatoms. The topological polar surface area (TPSA) is 35.0 Å². The van der Waals surface area contributed by atoms with E-state index >= 15 is 0 Å². The Labute approximate surface area is 313 Å². The van der Waals surface area contributed by atoms with Crippen LogP contribution in [-0.2, 0) is 5.41 Å². The lowest BCUT2D eigenvalue weighted by atomic mass is 9.66. The molecule has 11 rings (SSSR count). The molecule has 1 aliphatic heterocycles. The molecule has 1 aliphatic carbocycles. The van der Waals surface area contributed by atoms with Crippen molar-refractivity contribution in [2.75, 3.05) is 0 Å². The van der Waals surface area contributed by atoms with Crippen molar-refractivity contribution in [3.8, 4) is 67.7 Å². The first kappa shape index (κ1) is 30.5. The smallest absolute Gasteiger partial charge is 0.161 e. The molecule has 0 unspecified atom stereocenters. The van der Waals surface area contributed by atoms with E-state index in [-0.39, 0.29) is 0 Å². The zero-order valence-corrected chi connectivity index (χ0v) is 29.3. The number of rotatable bonds is 4. The summed E-state index contributed by atoms with van der Waals surface area (Å²) in [6, 6.07) is 68.8. The summed E-state index contributed by atoms with van der Waals surface area (Å²) >= 11 is 0. The fraction of sp³-hybridized carbons (Fsp3) is 0.0196. The molecule has 0 saturated heterocycles. The lowest BCUT2D eigenvalue weighted by molar-refractivity contribution is 0.436. The van der Waals surface area contributed by atoms with E-state index in [0.29, 0.717) is 5.82 Å². The zero-order chi connectivity index (χ0) is 35.6. The predicted molar refractivity (Wildman–Crippen MR) is 219 cm³/mol. The quantitative estimate of drug-likeness (QED) is 0.185. The van der Waals surface area contributed by atoms with Crippen LogP contribution in [-0.4, -0.2) is 9.97 Å². The maximum Gasteiger partial charge on any atom is 0.161 e. The van der Waals surface area contributed by atoms with Gasteiger partial charge in [-0.3, -0.25) is 0 Å². The number of benzene rings is 8. The molecule has 1 aromatic heterocycles. The number of para-hydroxylation sites is 2. The second kappa shape index (κ2) is 12.0. The maximum absolute atomic E-state index is 6.58. The Morgan fingerprint density at radius 3 is 1.72 bits per heavy atom. The van der Waals surface area contributed by atoms with E-state index in [9.17, 15) is 0 Å². The summed E-state index contributed by atoms with van der Waals surface area (Å²) in [6.45, 7) is 0. The lowest BCUT2D eigenvalue weighted by Gasteiger charge is -2.39. The molecule has 0 saturated carbocycles. The van der Waals surface area contributed by atoms with Gasteiger partial charge in [0.25, 0.3) is 0 Å². The van der Waals surface area contributed by atoms with Gasteiger partial charge in [0.2, 0.25) is 0 Å². The Morgan fingerprint density at radius 1 is 0.370 bits per heavy atom. The van der Waals surface area contributed by atoms with Crippen molar-refractivity contribution in [3.05, 3.63) is 216 Å². The number of hydrogen-bond donors (Lipinski definition) is 0. The van der Waals surface area contributed by atoms with Crippen LogP contribution >= 0.6 is 0 Å². The second-order valence-electron chi connectivity index (χ2n) is 14.1. The molecule has 8 aromatic carbocycles. The van der Waals surface area contributed by atoms with E-state index in [0.717, 1.165) is 61.8 Å². The average Bonchev–Trinajstić information content (AvgIpc) is 3.54. The van der Waals surface area contributed by atoms with Gasteiger partial charge in [0.15, 0.2) is 5.82 Å². The van der Waals surface area contributed by atoms with E-state index in [1.807, 2.05) is 6.07 Å². The largest absolute Gasteiger partial charge is 0.457 e. The highest BCUT2D eigenvalue weighted by molar-refractivity contribution is 5.98. The monoisotopic (exact) mass is 688 g/mol. The Balaban J connectivity index is 1.16. The molecule has 54 heavy (non-hydrogen) atoms. The van der Waals surface area contributed by atoms with Crippen LogP contribution in [0.3, 0.4) is 0 Å². The van der Waals surface area contributed by atoms with Gasteiger partial charge in [-0.25, -0.2) is 9.97 Å². The summed E-state index contributed by atoms with van der Waals surface area (Å²) in [5.41, 5.74) is 13.7. The molecule has 1 spiro atoms. The van der Waals surface area contributed by atoms with E-state index < -0.39 is 5.41 Å². The van der Waals surface area contributed by atoms with Crippen molar-refractivity contribution in [2.24, 2.45) is 0 Å². The van der Waals surface area contributed by atoms with E-state index in [1.165, 1.54) is 33.0 Å². The number of aromatic nitrogens is 2. The van der Waals surface area contributed by atoms with Crippen LogP contribution in [0.1, 0.15) is 22.3 Å². The summed E-state index contributed by atoms with van der Waals surface area (Å²) in [6.07, 6.45) is 0. The van der Waals surface area contributed by atoms with Crippen LogP contribution in [0.25, 0.3) is 66.9 Å². The molecule has 0 atom stereocenters. The van der Waals surface area contributed by atoms with Crippen LogP contribution < -0.4 is 4.74 Å². The Bertz CT molecular complexity index is 2880. The van der Waals surface area contributed by atoms with Crippen LogP contribution in [0.2, 0.25) is 0 Å². The summed E-state index contributed by atoms with van der Waals surface area (Å²) in [4.78, 5) is 10.8. The SMILES string of the molecule is c1ccc(-c2cc(-c3cccc(-c4cccc5ccccc45)c3)nc(-c3cccc4c3-c3ccccc3C43c4ccccc4Oc4ccccc43)n2)cc1. The van der Waals surface area contributed by atoms with E-state index in [1.54, 1.807) is 0 Å². The highest BCUT2D eigenvalue weighted by Gasteiger charge is 2.51. The fourth-order valence-electron chi connectivity index (χ4n) is 8.88. The second-order valence-corrected chi connectivity index (χ2v) is 14.1. The molecular formula is C51H32N2O. The van der Waals surface area contributed by atoms with Gasteiger partial charge in [0.05, 0.1) is 16.8 Å². The van der Waals surface area contributed by atoms with Crippen LogP contribution in [0.5, 0.6) is 11.5 Å². The first-order valence-electron chi connectivity index (χ1n) is 18.4. The van der Waals surface area contributed by atoms with Crippen LogP contribution in [0.4, 0.5) is 0 Å². The molecule has 0 fully saturated rings. The van der Waals surface area contributed by atoms with E-state index in [4.69, 9.17) is 14.7 Å². The van der Waals surface area contributed by atoms with Crippen molar-refractivity contribution in [2.45, 2.75) is 5.41 Å². The number of hydrogen-bond acceptors (Lipinski definition) is 3. The van der Waals surface area contributed by atoms with Crippen molar-refractivity contribution < 1.29 is 4.74 Å². The minimum Gasteiger partial charge on any atom is -0.457 e. The van der Waals surface area contributed by atoms with E-state index in [2.05, 4.69) is 188 Å². The number of fused-ring (bicyclic) bond motifs is 10. The van der Waals surface area contributed by atoms with Crippen molar-refractivity contribution in [1.29, 1.82) is 0 Å². The summed E-state index contributed by atoms with van der Waals surface area (Å²) in [5, 5.41) is 2.45. The van der Waals surface area contributed by atoms with Gasteiger partial charge in [-0.2, -0.15) is 0 Å². The van der Waals surface area contributed by atoms with Crippen molar-refractivity contribution >= 4 is 10.8 Å². The maximum atomic E-state index is 6.58. The summed E-state index contributed by atoms with van der Waals surface area (Å²) in [7, 11) is 0. The molecule has 0 radical (unpaired) electrons. The normalized spacial score (nSPS) is 13.1. The Morgan fingerprint density at radius 2 is 0.907 bits per heavy atom. The lowest BCUT2D eigenvalue weighted by Crippen LogP contribution is -2.32. The predicted octanol–water partition coefficient (Wildman–Crippen LogP) is 12.8. The number of nitrogens with zero attached hydrogens (tertiary/aromatic N) is 2. The zero-order valence-electron chi connectivity index (χ0n) is 29.3. The molecule has 3 nitrogen and oxygen atoms in total. The molecule has 2 heterocycles. The Hall–Kier alpha value is -7.10. The molecule has 0 amide bonds. The van der Waals surface area contributed by atoms with Gasteiger partial charge in [-0.1, -0.05) is 170 Å². The van der Waals surface area contributed by atoms with Gasteiger partial charge in [0.1, 0.15) is 11.5 Å². The molecule has 9 aromatic rings. The number of ether oxygens (including phenoxy) is 1. The average molecular weight is 689 g/mol. The third kappa shape index (κ3) is 4.49. The fourth-order valence-corrected chi connectivity index (χ4v) is 8.88. The standard InChI is InChI=1S/C51H32N2O/c1-2-16-34(17-3-1)45-32-46(36-20-12-19-35(31-36)38-23-13-18-33-15-4-5-21-37(33)38)53-50(52-45)40-24-14-28-44-49(40)39-22-6-7-25-41(39)51(44)42-26-8-10-29-47(42)54-48-30-11-9-27-43(48)51/h1-32H. The van der Waals surface area contributed by atoms with Gasteiger partial charge in [-0.15, -0.1) is 0 Å². The highest BCUT2D eigenvalue weighted by atomic mass is 16.5. The van der Waals surface area contributed by atoms with Crippen LogP contribution in [0, 0.1) is 0 Å². The Kier molecular flexibility index (Phi) is 6.77. The third-order valence-electron chi connectivity index (χ3n) is 11.2. The van der Waals surface area contributed by atoms with Crippen molar-refractivity contribution in [3.63, 3.8) is 0 Å². The molecule has 2 aliphatic rings. The summed E-state index contributed by atoms with van der Waals surface area (Å²) < 4.78 is 6.58. The first-order chi connectivity index (χ1) is 26.8. The first-order valence-corrected chi connectivity index (χ1v) is 18.4. The highest BCUT2D eigenvalue weighted by Crippen LogP contribution is 2.63. The van der Waals surface area contributed by atoms with Gasteiger partial charge in [-0.05, 0) is 68.4 Å². The van der Waals surface area contributed by atoms with Crippen LogP contribution in [0.15, 0.2) is 194 Å². The minimum absolute atomic E-state index is 0.569. The third-order valence-corrected chi connectivity index (χ3v) is 11.2. The van der Waals surface area contributed by atoms with Gasteiger partial charge in [0, 0.05) is 27.8 Å². The molecular weight excluding hydrogens is 657 g/mol. The molecule has 0 N–H and O–H groups in total.